The van der Waals surface area contributed by atoms with Crippen molar-refractivity contribution in [3.8, 4) is 0 Å². The molecule has 2 N–H and O–H groups in total. The maximum Gasteiger partial charge on any atom is 0.0719 e. The quantitative estimate of drug-likeness (QED) is 0.480. The smallest absolute Gasteiger partial charge is 0.0719 e. The van der Waals surface area contributed by atoms with Gasteiger partial charge in [0.1, 0.15) is 0 Å². The van der Waals surface area contributed by atoms with Gasteiger partial charge in [0, 0.05) is 44.0 Å². The molecule has 23 heavy (non-hydrogen) atoms. The van der Waals surface area contributed by atoms with Crippen LogP contribution < -0.4 is 5.32 Å². The molecule has 0 aliphatic carbocycles. The molecule has 112 valence electrons. The van der Waals surface area contributed by atoms with E-state index in [1.54, 1.807) is 11.3 Å². The van der Waals surface area contributed by atoms with Gasteiger partial charge < -0.3 is 5.32 Å². The zero-order valence-corrected chi connectivity index (χ0v) is 13.6. The maximum absolute atomic E-state index is 8.74. The fourth-order valence-corrected chi connectivity index (χ4v) is 4.23. The number of hydrogen-bond acceptors (Lipinski definition) is 3. The minimum atomic E-state index is 0.562. The predicted molar refractivity (Wildman–Crippen MR) is 101 cm³/mol. The van der Waals surface area contributed by atoms with Gasteiger partial charge in [0.05, 0.1) is 5.71 Å². The summed E-state index contributed by atoms with van der Waals surface area (Å²) in [4.78, 5) is 0. The Hall–Kier alpha value is -2.65. The van der Waals surface area contributed by atoms with E-state index in [0.717, 1.165) is 16.8 Å². The molecule has 0 amide bonds. The molecule has 4 rings (SSSR count). The van der Waals surface area contributed by atoms with Crippen LogP contribution in [0.1, 0.15) is 11.1 Å². The molecule has 3 aromatic carbocycles. The minimum absolute atomic E-state index is 0.562. The summed E-state index contributed by atoms with van der Waals surface area (Å²) in [6.45, 7) is 0. The molecule has 0 fully saturated rings. The van der Waals surface area contributed by atoms with Gasteiger partial charge in [0.15, 0.2) is 0 Å². The first kappa shape index (κ1) is 14.0. The van der Waals surface area contributed by atoms with Crippen molar-refractivity contribution in [2.45, 2.75) is 0 Å². The van der Waals surface area contributed by atoms with Crippen LogP contribution in [0, 0.1) is 5.41 Å². The third-order valence-electron chi connectivity index (χ3n) is 4.14. The monoisotopic (exact) mass is 316 g/mol. The molecule has 0 unspecified atom stereocenters. The van der Waals surface area contributed by atoms with Gasteiger partial charge in [-0.25, -0.2) is 0 Å². The summed E-state index contributed by atoms with van der Waals surface area (Å²) in [5, 5.41) is 14.4. The molecule has 1 aromatic heterocycles. The zero-order chi connectivity index (χ0) is 15.8. The molecule has 2 nitrogen and oxygen atoms in total. The third-order valence-corrected chi connectivity index (χ3v) is 5.36. The summed E-state index contributed by atoms with van der Waals surface area (Å²) in [5.41, 5.74) is 3.47. The number of fused-ring (bicyclic) bond motifs is 3. The Morgan fingerprint density at radius 2 is 1.52 bits per heavy atom. The van der Waals surface area contributed by atoms with E-state index in [1.165, 1.54) is 20.2 Å². The molecular formula is C20H16N2S. The third kappa shape index (κ3) is 2.21. The van der Waals surface area contributed by atoms with E-state index in [0.29, 0.717) is 5.71 Å². The van der Waals surface area contributed by atoms with E-state index in [1.807, 2.05) is 43.4 Å². The predicted octanol–water partition coefficient (Wildman–Crippen LogP) is 5.51. The largest absolute Gasteiger partial charge is 0.388 e. The fourth-order valence-electron chi connectivity index (χ4n) is 3.01. The SMILES string of the molecule is CNc1ccccc1C(=N)c1cccc2c1sc1ccccc12. The summed E-state index contributed by atoms with van der Waals surface area (Å²) >= 11 is 1.76. The van der Waals surface area contributed by atoms with Gasteiger partial charge in [-0.3, -0.25) is 5.41 Å². The van der Waals surface area contributed by atoms with Crippen molar-refractivity contribution in [1.82, 2.24) is 0 Å². The van der Waals surface area contributed by atoms with Crippen molar-refractivity contribution in [2.75, 3.05) is 12.4 Å². The van der Waals surface area contributed by atoms with Crippen LogP contribution in [0.3, 0.4) is 0 Å². The zero-order valence-electron chi connectivity index (χ0n) is 12.8. The van der Waals surface area contributed by atoms with Crippen molar-refractivity contribution in [2.24, 2.45) is 0 Å². The molecule has 0 atom stereocenters. The highest BCUT2D eigenvalue weighted by atomic mass is 32.1. The lowest BCUT2D eigenvalue weighted by atomic mass is 9.99. The van der Waals surface area contributed by atoms with E-state index >= 15 is 0 Å². The van der Waals surface area contributed by atoms with Gasteiger partial charge in [0.25, 0.3) is 0 Å². The summed E-state index contributed by atoms with van der Waals surface area (Å²) in [6.07, 6.45) is 0. The number of thiophene rings is 1. The highest BCUT2D eigenvalue weighted by Gasteiger charge is 2.14. The number of anilines is 1. The van der Waals surface area contributed by atoms with Gasteiger partial charge in [-0.1, -0.05) is 54.6 Å². The number of hydrogen-bond donors (Lipinski definition) is 2. The normalized spacial score (nSPS) is 11.0. The molecular weight excluding hydrogens is 300 g/mol. The van der Waals surface area contributed by atoms with Gasteiger partial charge in [-0.05, 0) is 12.1 Å². The van der Waals surface area contributed by atoms with Crippen LogP contribution in [-0.4, -0.2) is 12.8 Å². The molecule has 0 saturated carbocycles. The van der Waals surface area contributed by atoms with E-state index in [9.17, 15) is 0 Å². The van der Waals surface area contributed by atoms with Crippen molar-refractivity contribution in [3.63, 3.8) is 0 Å². The Bertz CT molecular complexity index is 1030. The average molecular weight is 316 g/mol. The molecule has 0 aliphatic rings. The van der Waals surface area contributed by atoms with E-state index in [-0.39, 0.29) is 0 Å². The van der Waals surface area contributed by atoms with Crippen molar-refractivity contribution < 1.29 is 0 Å². The number of benzene rings is 3. The van der Waals surface area contributed by atoms with Crippen molar-refractivity contribution >= 4 is 42.9 Å². The van der Waals surface area contributed by atoms with E-state index in [2.05, 4.69) is 35.6 Å². The molecule has 3 heteroatoms. The lowest BCUT2D eigenvalue weighted by molar-refractivity contribution is 1.44. The molecule has 1 heterocycles. The molecule has 0 saturated heterocycles. The van der Waals surface area contributed by atoms with Crippen molar-refractivity contribution in [1.29, 1.82) is 5.41 Å². The van der Waals surface area contributed by atoms with Crippen LogP contribution in [0.15, 0.2) is 66.7 Å². The van der Waals surface area contributed by atoms with Crippen LogP contribution in [-0.2, 0) is 0 Å². The summed E-state index contributed by atoms with van der Waals surface area (Å²) in [5.74, 6) is 0. The van der Waals surface area contributed by atoms with Crippen LogP contribution in [0.5, 0.6) is 0 Å². The first-order chi connectivity index (χ1) is 11.3. The summed E-state index contributed by atoms with van der Waals surface area (Å²) in [6, 6.07) is 22.7. The second kappa shape index (κ2) is 5.52. The van der Waals surface area contributed by atoms with Crippen LogP contribution >= 0.6 is 11.3 Å². The van der Waals surface area contributed by atoms with E-state index < -0.39 is 0 Å². The standard InChI is InChI=1S/C20H16N2S/c1-22-17-11-4-2-8-15(17)19(21)16-10-6-9-14-13-7-3-5-12-18(13)23-20(14)16/h2-12,21-22H,1H3. The Kier molecular flexibility index (Phi) is 3.36. The topological polar surface area (TPSA) is 35.9 Å². The fraction of sp³-hybridized carbons (Fsp3) is 0.0500. The molecule has 0 bridgehead atoms. The molecule has 0 spiro atoms. The first-order valence-corrected chi connectivity index (χ1v) is 8.37. The lowest BCUT2D eigenvalue weighted by Crippen LogP contribution is -2.05. The second-order valence-corrected chi connectivity index (χ2v) is 6.50. The Balaban J connectivity index is 1.97. The lowest BCUT2D eigenvalue weighted by Gasteiger charge is -2.11. The molecule has 0 radical (unpaired) electrons. The van der Waals surface area contributed by atoms with Crippen LogP contribution in [0.2, 0.25) is 0 Å². The first-order valence-electron chi connectivity index (χ1n) is 7.56. The number of para-hydroxylation sites is 1. The van der Waals surface area contributed by atoms with Gasteiger partial charge in [-0.15, -0.1) is 11.3 Å². The summed E-state index contributed by atoms with van der Waals surface area (Å²) in [7, 11) is 1.89. The highest BCUT2D eigenvalue weighted by molar-refractivity contribution is 7.26. The Labute approximate surface area is 138 Å². The maximum atomic E-state index is 8.74. The minimum Gasteiger partial charge on any atom is -0.388 e. The van der Waals surface area contributed by atoms with Crippen LogP contribution in [0.4, 0.5) is 5.69 Å². The van der Waals surface area contributed by atoms with Crippen molar-refractivity contribution in [3.05, 3.63) is 77.9 Å². The van der Waals surface area contributed by atoms with E-state index in [4.69, 9.17) is 5.41 Å². The second-order valence-electron chi connectivity index (χ2n) is 5.45. The highest BCUT2D eigenvalue weighted by Crippen LogP contribution is 2.36. The Morgan fingerprint density at radius 1 is 0.826 bits per heavy atom. The number of nitrogens with one attached hydrogen (secondary N) is 2. The van der Waals surface area contributed by atoms with Gasteiger partial charge in [-0.2, -0.15) is 0 Å². The summed E-state index contributed by atoms with van der Waals surface area (Å²) < 4.78 is 2.45. The van der Waals surface area contributed by atoms with Gasteiger partial charge >= 0.3 is 0 Å². The number of rotatable bonds is 3. The van der Waals surface area contributed by atoms with Gasteiger partial charge in [0.2, 0.25) is 0 Å². The average Bonchev–Trinajstić information content (AvgIpc) is 3.00. The molecule has 0 aliphatic heterocycles. The molecule has 4 aromatic rings. The Morgan fingerprint density at radius 3 is 2.39 bits per heavy atom. The van der Waals surface area contributed by atoms with Crippen LogP contribution in [0.25, 0.3) is 20.2 Å².